The van der Waals surface area contributed by atoms with Crippen molar-refractivity contribution in [3.63, 3.8) is 0 Å². The number of hydrogen-bond acceptors (Lipinski definition) is 5. The van der Waals surface area contributed by atoms with Gasteiger partial charge in [-0.15, -0.1) is 5.10 Å². The standard InChI is InChI=1S/C28H35N7/c1-20(2)12-17-27-29-26(18-21-8-4-3-5-9-21)32-35(27)19-22-13-15-23(16-14-22)24-10-6-7-11-25(24)28-30-33-34-31-28/h6-7,10-11,13-16,20-21H,3-5,8-9,12,17-19H2,1-2H3,(H,30,31,33,34). The fraction of sp³-hybridized carbons (Fsp3) is 0.464. The predicted molar refractivity (Wildman–Crippen MR) is 138 cm³/mol. The number of tetrazole rings is 1. The van der Waals surface area contributed by atoms with Crippen molar-refractivity contribution in [1.29, 1.82) is 0 Å². The highest BCUT2D eigenvalue weighted by atomic mass is 15.5. The Hall–Kier alpha value is -3.35. The van der Waals surface area contributed by atoms with Gasteiger partial charge < -0.3 is 0 Å². The van der Waals surface area contributed by atoms with E-state index in [4.69, 9.17) is 10.1 Å². The molecule has 35 heavy (non-hydrogen) atoms. The summed E-state index contributed by atoms with van der Waals surface area (Å²) in [6.45, 7) is 5.29. The van der Waals surface area contributed by atoms with Crippen molar-refractivity contribution in [2.24, 2.45) is 11.8 Å². The molecule has 0 atom stereocenters. The second-order valence-electron chi connectivity index (χ2n) is 10.2. The first kappa shape index (κ1) is 23.4. The minimum Gasteiger partial charge on any atom is -0.245 e. The molecule has 1 saturated carbocycles. The maximum absolute atomic E-state index is 5.01. The highest BCUT2D eigenvalue weighted by molar-refractivity contribution is 5.80. The number of H-pyrrole nitrogens is 1. The Bertz CT molecular complexity index is 1200. The number of nitrogens with one attached hydrogen (secondary N) is 1. The predicted octanol–water partition coefficient (Wildman–Crippen LogP) is 5.88. The fourth-order valence-corrected chi connectivity index (χ4v) is 5.07. The smallest absolute Gasteiger partial charge is 0.180 e. The van der Waals surface area contributed by atoms with Gasteiger partial charge in [0.1, 0.15) is 5.82 Å². The van der Waals surface area contributed by atoms with E-state index in [0.717, 1.165) is 60.1 Å². The Morgan fingerprint density at radius 1 is 0.971 bits per heavy atom. The molecular weight excluding hydrogens is 434 g/mol. The third kappa shape index (κ3) is 5.84. The molecule has 1 fully saturated rings. The molecule has 4 aromatic rings. The molecule has 182 valence electrons. The van der Waals surface area contributed by atoms with Crippen molar-refractivity contribution in [3.8, 4) is 22.5 Å². The van der Waals surface area contributed by atoms with Crippen LogP contribution in [0.2, 0.25) is 0 Å². The van der Waals surface area contributed by atoms with Crippen LogP contribution >= 0.6 is 0 Å². The van der Waals surface area contributed by atoms with Crippen LogP contribution in [0.1, 0.15) is 69.6 Å². The zero-order valence-electron chi connectivity index (χ0n) is 20.8. The zero-order chi connectivity index (χ0) is 24.0. The average Bonchev–Trinajstić information content (AvgIpc) is 3.54. The molecule has 0 spiro atoms. The van der Waals surface area contributed by atoms with E-state index in [1.807, 2.05) is 18.2 Å². The lowest BCUT2D eigenvalue weighted by atomic mass is 9.87. The minimum atomic E-state index is 0.654. The van der Waals surface area contributed by atoms with Gasteiger partial charge in [0.15, 0.2) is 11.6 Å². The van der Waals surface area contributed by atoms with Crippen LogP contribution in [0.4, 0.5) is 0 Å². The summed E-state index contributed by atoms with van der Waals surface area (Å²) in [5, 5.41) is 19.4. The van der Waals surface area contributed by atoms with Crippen LogP contribution in [0, 0.1) is 11.8 Å². The van der Waals surface area contributed by atoms with Crippen LogP contribution in [0.25, 0.3) is 22.5 Å². The van der Waals surface area contributed by atoms with Gasteiger partial charge >= 0.3 is 0 Å². The number of nitrogens with zero attached hydrogens (tertiary/aromatic N) is 6. The molecule has 1 N–H and O–H groups in total. The lowest BCUT2D eigenvalue weighted by Gasteiger charge is -2.19. The molecule has 0 bridgehead atoms. The van der Waals surface area contributed by atoms with Crippen molar-refractivity contribution in [1.82, 2.24) is 35.4 Å². The molecule has 0 aliphatic heterocycles. The van der Waals surface area contributed by atoms with Crippen molar-refractivity contribution in [2.45, 2.75) is 71.8 Å². The first-order valence-corrected chi connectivity index (χ1v) is 13.0. The second kappa shape index (κ2) is 10.9. The first-order valence-electron chi connectivity index (χ1n) is 13.0. The molecule has 7 nitrogen and oxygen atoms in total. The first-order chi connectivity index (χ1) is 17.2. The minimum absolute atomic E-state index is 0.654. The third-order valence-corrected chi connectivity index (χ3v) is 7.06. The van der Waals surface area contributed by atoms with E-state index in [1.165, 1.54) is 37.7 Å². The molecule has 2 aromatic carbocycles. The zero-order valence-corrected chi connectivity index (χ0v) is 20.8. The van der Waals surface area contributed by atoms with E-state index in [9.17, 15) is 0 Å². The molecule has 7 heteroatoms. The highest BCUT2D eigenvalue weighted by Gasteiger charge is 2.18. The Morgan fingerprint density at radius 2 is 1.74 bits per heavy atom. The van der Waals surface area contributed by atoms with Crippen LogP contribution in [0.5, 0.6) is 0 Å². The molecule has 0 radical (unpaired) electrons. The monoisotopic (exact) mass is 469 g/mol. The van der Waals surface area contributed by atoms with Crippen molar-refractivity contribution >= 4 is 0 Å². The Kier molecular flexibility index (Phi) is 7.31. The third-order valence-electron chi connectivity index (χ3n) is 7.06. The molecule has 1 aliphatic rings. The molecule has 2 aromatic heterocycles. The number of aromatic amines is 1. The summed E-state index contributed by atoms with van der Waals surface area (Å²) in [5.41, 5.74) is 4.46. The molecule has 0 amide bonds. The molecule has 2 heterocycles. The molecular formula is C28H35N7. The SMILES string of the molecule is CC(C)CCc1nc(CC2CCCCC2)nn1Cc1ccc(-c2ccccc2-c2nnn[nH]2)cc1. The lowest BCUT2D eigenvalue weighted by Crippen LogP contribution is -2.11. The Labute approximate surface area is 207 Å². The summed E-state index contributed by atoms with van der Waals surface area (Å²) < 4.78 is 2.14. The van der Waals surface area contributed by atoms with E-state index in [1.54, 1.807) is 0 Å². The van der Waals surface area contributed by atoms with Gasteiger partial charge in [0.25, 0.3) is 0 Å². The summed E-state index contributed by atoms with van der Waals surface area (Å²) in [4.78, 5) is 5.01. The van der Waals surface area contributed by atoms with Gasteiger partial charge in [0.2, 0.25) is 0 Å². The van der Waals surface area contributed by atoms with E-state index >= 15 is 0 Å². The van der Waals surface area contributed by atoms with Gasteiger partial charge in [-0.3, -0.25) is 0 Å². The van der Waals surface area contributed by atoms with E-state index in [2.05, 4.69) is 69.5 Å². The number of aryl methyl sites for hydroxylation is 1. The van der Waals surface area contributed by atoms with Crippen molar-refractivity contribution < 1.29 is 0 Å². The van der Waals surface area contributed by atoms with Gasteiger partial charge in [-0.25, -0.2) is 14.8 Å². The Morgan fingerprint density at radius 3 is 2.46 bits per heavy atom. The van der Waals surface area contributed by atoms with Gasteiger partial charge in [0.05, 0.1) is 6.54 Å². The maximum atomic E-state index is 5.01. The van der Waals surface area contributed by atoms with Crippen molar-refractivity contribution in [3.05, 3.63) is 65.7 Å². The van der Waals surface area contributed by atoms with Crippen LogP contribution in [0.3, 0.4) is 0 Å². The van der Waals surface area contributed by atoms with Gasteiger partial charge in [0, 0.05) is 18.4 Å². The topological polar surface area (TPSA) is 85.2 Å². The summed E-state index contributed by atoms with van der Waals surface area (Å²) >= 11 is 0. The highest BCUT2D eigenvalue weighted by Crippen LogP contribution is 2.30. The van der Waals surface area contributed by atoms with Crippen LogP contribution < -0.4 is 0 Å². The summed E-state index contributed by atoms with van der Waals surface area (Å²) in [6, 6.07) is 16.9. The van der Waals surface area contributed by atoms with Crippen LogP contribution in [-0.2, 0) is 19.4 Å². The summed E-state index contributed by atoms with van der Waals surface area (Å²) in [5.74, 6) is 4.23. The second-order valence-corrected chi connectivity index (χ2v) is 10.2. The number of rotatable bonds is 9. The number of benzene rings is 2. The quantitative estimate of drug-likeness (QED) is 0.331. The van der Waals surface area contributed by atoms with Gasteiger partial charge in [-0.2, -0.15) is 5.10 Å². The number of hydrogen-bond donors (Lipinski definition) is 1. The van der Waals surface area contributed by atoms with E-state index < -0.39 is 0 Å². The van der Waals surface area contributed by atoms with Crippen LogP contribution in [0.15, 0.2) is 48.5 Å². The molecule has 5 rings (SSSR count). The summed E-state index contributed by atoms with van der Waals surface area (Å²) in [6.07, 6.45) is 9.87. The van der Waals surface area contributed by atoms with Crippen LogP contribution in [-0.4, -0.2) is 35.4 Å². The van der Waals surface area contributed by atoms with Gasteiger partial charge in [-0.05, 0) is 45.4 Å². The van der Waals surface area contributed by atoms with Crippen molar-refractivity contribution in [2.75, 3.05) is 0 Å². The lowest BCUT2D eigenvalue weighted by molar-refractivity contribution is 0.351. The molecule has 0 saturated heterocycles. The molecule has 1 aliphatic carbocycles. The van der Waals surface area contributed by atoms with E-state index in [-0.39, 0.29) is 0 Å². The summed E-state index contributed by atoms with van der Waals surface area (Å²) in [7, 11) is 0. The fourth-order valence-electron chi connectivity index (χ4n) is 5.07. The van der Waals surface area contributed by atoms with Gasteiger partial charge in [-0.1, -0.05) is 94.5 Å². The molecule has 0 unspecified atom stereocenters. The average molecular weight is 470 g/mol. The Balaban J connectivity index is 1.35. The number of aromatic nitrogens is 7. The largest absolute Gasteiger partial charge is 0.245 e. The van der Waals surface area contributed by atoms with E-state index in [0.29, 0.717) is 11.7 Å². The normalized spacial score (nSPS) is 14.6. The maximum Gasteiger partial charge on any atom is 0.180 e.